The van der Waals surface area contributed by atoms with Gasteiger partial charge in [-0.05, 0) is 72.0 Å². The van der Waals surface area contributed by atoms with Crippen molar-refractivity contribution >= 4 is 33.5 Å². The number of allylic oxidation sites excluding steroid dienone is 2. The number of aryl methyl sites for hydroxylation is 2. The number of methoxy groups -OCH3 is 1. The van der Waals surface area contributed by atoms with Gasteiger partial charge in [0.15, 0.2) is 0 Å². The quantitative estimate of drug-likeness (QED) is 0.363. The second kappa shape index (κ2) is 7.05. The molecular weight excluding hydrogens is 342 g/mol. The number of benzene rings is 3. The van der Waals surface area contributed by atoms with Crippen LogP contribution in [0.1, 0.15) is 23.6 Å². The lowest BCUT2D eigenvalue weighted by Crippen LogP contribution is -1.92. The molecule has 0 aliphatic heterocycles. The molecule has 3 aromatic carbocycles. The normalized spacial score (nSPS) is 11.9. The van der Waals surface area contributed by atoms with Crippen LogP contribution >= 0.6 is 0 Å². The highest BCUT2D eigenvalue weighted by atomic mass is 16.5. The summed E-state index contributed by atoms with van der Waals surface area (Å²) in [6.07, 6.45) is 2.18. The highest BCUT2D eigenvalue weighted by Gasteiger charge is 2.12. The van der Waals surface area contributed by atoms with Crippen molar-refractivity contribution in [1.29, 1.82) is 0 Å². The number of hydrogen-bond donors (Lipinski definition) is 0. The van der Waals surface area contributed by atoms with E-state index in [1.54, 1.807) is 7.11 Å². The number of fused-ring (bicyclic) bond motifs is 3. The summed E-state index contributed by atoms with van der Waals surface area (Å²) < 4.78 is 7.51. The minimum atomic E-state index is 0.867. The van der Waals surface area contributed by atoms with Crippen molar-refractivity contribution in [2.24, 2.45) is 7.05 Å². The van der Waals surface area contributed by atoms with Gasteiger partial charge in [-0.3, -0.25) is 0 Å². The third-order valence-electron chi connectivity index (χ3n) is 5.56. The summed E-state index contributed by atoms with van der Waals surface area (Å²) in [4.78, 5) is 0. The maximum atomic E-state index is 5.24. The molecule has 4 aromatic rings. The molecule has 140 valence electrons. The highest BCUT2D eigenvalue weighted by Crippen LogP contribution is 2.34. The first-order valence-corrected chi connectivity index (χ1v) is 9.49. The summed E-state index contributed by atoms with van der Waals surface area (Å²) in [5, 5.41) is 2.56. The second-order valence-electron chi connectivity index (χ2n) is 7.34. The molecule has 28 heavy (non-hydrogen) atoms. The molecule has 0 amide bonds. The maximum absolute atomic E-state index is 5.24. The minimum Gasteiger partial charge on any atom is -0.497 e. The zero-order valence-electron chi connectivity index (χ0n) is 16.9. The maximum Gasteiger partial charge on any atom is 0.118 e. The fourth-order valence-electron chi connectivity index (χ4n) is 3.88. The molecule has 0 spiro atoms. The highest BCUT2D eigenvalue weighted by molar-refractivity contribution is 6.09. The van der Waals surface area contributed by atoms with Crippen molar-refractivity contribution in [3.63, 3.8) is 0 Å². The van der Waals surface area contributed by atoms with Crippen molar-refractivity contribution in [1.82, 2.24) is 4.57 Å². The van der Waals surface area contributed by atoms with E-state index in [-0.39, 0.29) is 0 Å². The van der Waals surface area contributed by atoms with Gasteiger partial charge in [0.2, 0.25) is 0 Å². The summed E-state index contributed by atoms with van der Waals surface area (Å²) in [5.74, 6) is 0.867. The van der Waals surface area contributed by atoms with E-state index >= 15 is 0 Å². The van der Waals surface area contributed by atoms with Crippen LogP contribution in [0.15, 0.2) is 72.8 Å². The summed E-state index contributed by atoms with van der Waals surface area (Å²) in [6.45, 7) is 8.70. The van der Waals surface area contributed by atoms with Crippen LogP contribution in [0, 0.1) is 6.92 Å². The van der Waals surface area contributed by atoms with E-state index in [9.17, 15) is 0 Å². The molecule has 2 nitrogen and oxygen atoms in total. The molecule has 0 radical (unpaired) electrons. The third-order valence-corrected chi connectivity index (χ3v) is 5.56. The van der Waals surface area contributed by atoms with Crippen molar-refractivity contribution < 1.29 is 4.74 Å². The van der Waals surface area contributed by atoms with Crippen molar-refractivity contribution in [3.8, 4) is 5.75 Å². The van der Waals surface area contributed by atoms with Gasteiger partial charge in [0.05, 0.1) is 7.11 Å². The van der Waals surface area contributed by atoms with Crippen LogP contribution in [0.25, 0.3) is 33.5 Å². The molecule has 1 heterocycles. The molecule has 2 heteroatoms. The topological polar surface area (TPSA) is 14.2 Å². The molecule has 0 bridgehead atoms. The van der Waals surface area contributed by atoms with E-state index in [0.717, 1.165) is 22.5 Å². The molecule has 0 aliphatic rings. The van der Waals surface area contributed by atoms with E-state index in [1.807, 2.05) is 12.1 Å². The predicted octanol–water partition coefficient (Wildman–Crippen LogP) is 6.77. The van der Waals surface area contributed by atoms with Gasteiger partial charge in [0, 0.05) is 28.9 Å². The number of para-hydroxylation sites is 1. The van der Waals surface area contributed by atoms with Crippen molar-refractivity contribution in [2.75, 3.05) is 7.11 Å². The smallest absolute Gasteiger partial charge is 0.118 e. The monoisotopic (exact) mass is 367 g/mol. The van der Waals surface area contributed by atoms with Gasteiger partial charge in [-0.15, -0.1) is 0 Å². The van der Waals surface area contributed by atoms with Gasteiger partial charge in [0.1, 0.15) is 5.75 Å². The van der Waals surface area contributed by atoms with Gasteiger partial charge in [0.25, 0.3) is 0 Å². The molecule has 4 rings (SSSR count). The van der Waals surface area contributed by atoms with Gasteiger partial charge in [-0.1, -0.05) is 43.0 Å². The molecule has 0 saturated heterocycles. The number of hydrogen-bond acceptors (Lipinski definition) is 1. The van der Waals surface area contributed by atoms with Crippen LogP contribution in [0.5, 0.6) is 5.75 Å². The summed E-state index contributed by atoms with van der Waals surface area (Å²) in [5.41, 5.74) is 8.31. The second-order valence-corrected chi connectivity index (χ2v) is 7.34. The molecule has 0 fully saturated rings. The number of nitrogens with zero attached hydrogens (tertiary/aromatic N) is 1. The van der Waals surface area contributed by atoms with Crippen LogP contribution < -0.4 is 4.74 Å². The Hall–Kier alpha value is -3.26. The van der Waals surface area contributed by atoms with Crippen molar-refractivity contribution in [3.05, 3.63) is 89.5 Å². The largest absolute Gasteiger partial charge is 0.497 e. The average Bonchev–Trinajstić information content (AvgIpc) is 2.99. The van der Waals surface area contributed by atoms with Gasteiger partial charge < -0.3 is 9.30 Å². The standard InChI is InChI=1S/C26H25NO/c1-17(14-20-10-12-21(28-5)13-11-20)19(3)23-16-24-22-8-6-7-9-25(22)27(4)26(24)15-18(23)2/h6-16H,3H2,1-2,4-5H3/b17-14+. The molecular formula is C26H25NO. The first-order valence-electron chi connectivity index (χ1n) is 9.49. The van der Waals surface area contributed by atoms with Crippen LogP contribution in [0.3, 0.4) is 0 Å². The molecule has 0 N–H and O–H groups in total. The SMILES string of the molecule is C=C(/C(C)=C/c1ccc(OC)cc1)c1cc2c3ccccc3n(C)c2cc1C. The zero-order valence-corrected chi connectivity index (χ0v) is 16.9. The van der Waals surface area contributed by atoms with Crippen LogP contribution in [0.4, 0.5) is 0 Å². The predicted molar refractivity (Wildman–Crippen MR) is 121 cm³/mol. The van der Waals surface area contributed by atoms with Crippen molar-refractivity contribution in [2.45, 2.75) is 13.8 Å². The van der Waals surface area contributed by atoms with Crippen LogP contribution in [0.2, 0.25) is 0 Å². The molecule has 0 saturated carbocycles. The Morgan fingerprint density at radius 1 is 0.964 bits per heavy atom. The summed E-state index contributed by atoms with van der Waals surface area (Å²) in [6, 6.07) is 21.2. The number of rotatable bonds is 4. The lowest BCUT2D eigenvalue weighted by molar-refractivity contribution is 0.415. The summed E-state index contributed by atoms with van der Waals surface area (Å²) >= 11 is 0. The molecule has 0 unspecified atom stereocenters. The van der Waals surface area contributed by atoms with E-state index in [1.165, 1.54) is 32.9 Å². The Balaban J connectivity index is 1.78. The molecule has 0 atom stereocenters. The molecule has 0 aliphatic carbocycles. The average molecular weight is 367 g/mol. The lowest BCUT2D eigenvalue weighted by atomic mass is 9.93. The number of ether oxygens (including phenoxy) is 1. The van der Waals surface area contributed by atoms with E-state index in [4.69, 9.17) is 4.74 Å². The first-order chi connectivity index (χ1) is 13.5. The Kier molecular flexibility index (Phi) is 4.56. The van der Waals surface area contributed by atoms with E-state index in [2.05, 4.69) is 86.6 Å². The van der Waals surface area contributed by atoms with Crippen LogP contribution in [-0.4, -0.2) is 11.7 Å². The van der Waals surface area contributed by atoms with Gasteiger partial charge in [-0.25, -0.2) is 0 Å². The van der Waals surface area contributed by atoms with Gasteiger partial charge >= 0.3 is 0 Å². The third kappa shape index (κ3) is 3.01. The minimum absolute atomic E-state index is 0.867. The van der Waals surface area contributed by atoms with Crippen LogP contribution in [-0.2, 0) is 7.05 Å². The first kappa shape index (κ1) is 18.1. The molecule has 1 aromatic heterocycles. The Labute approximate surface area is 166 Å². The van der Waals surface area contributed by atoms with Gasteiger partial charge in [-0.2, -0.15) is 0 Å². The van der Waals surface area contributed by atoms with E-state index in [0.29, 0.717) is 0 Å². The fourth-order valence-corrected chi connectivity index (χ4v) is 3.88. The Bertz CT molecular complexity index is 1220. The fraction of sp³-hybridized carbons (Fsp3) is 0.154. The lowest BCUT2D eigenvalue weighted by Gasteiger charge is -2.12. The van der Waals surface area contributed by atoms with E-state index < -0.39 is 0 Å². The Morgan fingerprint density at radius 2 is 1.68 bits per heavy atom. The summed E-state index contributed by atoms with van der Waals surface area (Å²) in [7, 11) is 3.82. The Morgan fingerprint density at radius 3 is 2.39 bits per heavy atom. The number of aromatic nitrogens is 1. The zero-order chi connectivity index (χ0) is 19.8.